The Labute approximate surface area is 134 Å². The Bertz CT molecular complexity index is 484. The molecule has 1 aromatic heterocycles. The van der Waals surface area contributed by atoms with E-state index in [-0.39, 0.29) is 6.10 Å². The molecule has 4 nitrogen and oxygen atoms in total. The average Bonchev–Trinajstić information content (AvgIpc) is 3.29. The fourth-order valence-electron chi connectivity index (χ4n) is 3.20. The normalized spacial score (nSPS) is 21.9. The van der Waals surface area contributed by atoms with Crippen LogP contribution < -0.4 is 5.73 Å². The highest BCUT2D eigenvalue weighted by Crippen LogP contribution is 2.43. The third-order valence-electron chi connectivity index (χ3n) is 4.47. The van der Waals surface area contributed by atoms with E-state index >= 15 is 0 Å². The number of aromatic nitrogens is 2. The predicted octanol–water partition coefficient (Wildman–Crippen LogP) is 3.81. The minimum atomic E-state index is 0.00657. The topological polar surface area (TPSA) is 61.0 Å². The molecule has 0 aromatic carbocycles. The molecule has 0 aliphatic heterocycles. The highest BCUT2D eigenvalue weighted by Gasteiger charge is 2.32. The molecule has 2 aliphatic carbocycles. The summed E-state index contributed by atoms with van der Waals surface area (Å²) in [5.74, 6) is 2.56. The summed E-state index contributed by atoms with van der Waals surface area (Å²) in [7, 11) is 1.77. The molecule has 2 saturated carbocycles. The Morgan fingerprint density at radius 3 is 2.45 bits per heavy atom. The van der Waals surface area contributed by atoms with Gasteiger partial charge in [-0.3, -0.25) is 0 Å². The molecule has 110 valence electrons. The minimum absolute atomic E-state index is 0.00657. The number of ether oxygens (including phenoxy) is 1. The summed E-state index contributed by atoms with van der Waals surface area (Å²) in [6.45, 7) is 0. The Balaban J connectivity index is 1.90. The fourth-order valence-corrected chi connectivity index (χ4v) is 3.88. The van der Waals surface area contributed by atoms with Gasteiger partial charge in [0.25, 0.3) is 0 Å². The molecule has 5 heteroatoms. The second-order valence-corrected chi connectivity index (χ2v) is 7.07. The van der Waals surface area contributed by atoms with Crippen molar-refractivity contribution < 1.29 is 4.74 Å². The van der Waals surface area contributed by atoms with Crippen molar-refractivity contribution in [2.24, 2.45) is 5.92 Å². The summed E-state index contributed by atoms with van der Waals surface area (Å²) in [4.78, 5) is 9.34. The van der Waals surface area contributed by atoms with Crippen LogP contribution in [0.2, 0.25) is 0 Å². The van der Waals surface area contributed by atoms with Crippen molar-refractivity contribution in [1.82, 2.24) is 9.97 Å². The lowest BCUT2D eigenvalue weighted by Crippen LogP contribution is -2.21. The first-order valence-corrected chi connectivity index (χ1v) is 8.64. The number of hydrogen-bond acceptors (Lipinski definition) is 4. The Kier molecular flexibility index (Phi) is 4.45. The fraction of sp³-hybridized carbons (Fsp3) is 0.733. The predicted molar refractivity (Wildman–Crippen MR) is 87.5 cm³/mol. The van der Waals surface area contributed by atoms with Crippen molar-refractivity contribution >= 4 is 28.4 Å². The van der Waals surface area contributed by atoms with E-state index in [4.69, 9.17) is 15.5 Å². The zero-order valence-electron chi connectivity index (χ0n) is 11.9. The van der Waals surface area contributed by atoms with Crippen LogP contribution >= 0.6 is 22.6 Å². The molecule has 20 heavy (non-hydrogen) atoms. The number of nitrogens with two attached hydrogens (primary N) is 1. The second-order valence-electron chi connectivity index (χ2n) is 5.99. The van der Waals surface area contributed by atoms with Gasteiger partial charge in [-0.15, -0.1) is 0 Å². The van der Waals surface area contributed by atoms with Crippen LogP contribution in [0.1, 0.15) is 68.5 Å². The van der Waals surface area contributed by atoms with Gasteiger partial charge in [-0.2, -0.15) is 0 Å². The first kappa shape index (κ1) is 14.5. The maximum absolute atomic E-state index is 6.09. The summed E-state index contributed by atoms with van der Waals surface area (Å²) in [5, 5.41) is 0. The van der Waals surface area contributed by atoms with E-state index in [0.29, 0.717) is 17.7 Å². The molecule has 0 radical (unpaired) electrons. The van der Waals surface area contributed by atoms with Gasteiger partial charge in [-0.1, -0.05) is 19.3 Å². The molecule has 2 aliphatic rings. The molecule has 0 amide bonds. The van der Waals surface area contributed by atoms with Gasteiger partial charge < -0.3 is 10.5 Å². The molecule has 3 rings (SSSR count). The van der Waals surface area contributed by atoms with Gasteiger partial charge in [0.1, 0.15) is 11.9 Å². The van der Waals surface area contributed by atoms with Gasteiger partial charge in [-0.05, 0) is 54.2 Å². The summed E-state index contributed by atoms with van der Waals surface area (Å²) in [6, 6.07) is 0. The van der Waals surface area contributed by atoms with E-state index in [0.717, 1.165) is 15.1 Å². The first-order chi connectivity index (χ1) is 9.70. The molecule has 0 spiro atoms. The van der Waals surface area contributed by atoms with E-state index in [2.05, 4.69) is 27.6 Å². The Hall–Kier alpha value is -0.430. The molecule has 1 aromatic rings. The van der Waals surface area contributed by atoms with Gasteiger partial charge in [0.2, 0.25) is 0 Å². The van der Waals surface area contributed by atoms with Crippen LogP contribution in [0.4, 0.5) is 5.82 Å². The second kappa shape index (κ2) is 6.13. The van der Waals surface area contributed by atoms with Crippen LogP contribution in [-0.2, 0) is 4.74 Å². The molecule has 0 bridgehead atoms. The Morgan fingerprint density at radius 1 is 1.15 bits per heavy atom. The minimum Gasteiger partial charge on any atom is -0.383 e. The van der Waals surface area contributed by atoms with Crippen LogP contribution in [0.5, 0.6) is 0 Å². The number of anilines is 1. The van der Waals surface area contributed by atoms with Crippen LogP contribution in [0, 0.1) is 9.49 Å². The van der Waals surface area contributed by atoms with E-state index in [1.807, 2.05) is 0 Å². The van der Waals surface area contributed by atoms with Crippen LogP contribution in [0.15, 0.2) is 0 Å². The largest absolute Gasteiger partial charge is 0.383 e. The molecule has 1 atom stereocenters. The number of nitrogen functional groups attached to an aromatic ring is 1. The molecular formula is C15H22IN3O. The highest BCUT2D eigenvalue weighted by molar-refractivity contribution is 14.1. The number of halogens is 1. The number of methoxy groups -OCH3 is 1. The Morgan fingerprint density at radius 2 is 1.85 bits per heavy atom. The molecule has 1 heterocycles. The van der Waals surface area contributed by atoms with Crippen molar-refractivity contribution in [2.45, 2.75) is 57.0 Å². The van der Waals surface area contributed by atoms with Gasteiger partial charge >= 0.3 is 0 Å². The van der Waals surface area contributed by atoms with E-state index in [9.17, 15) is 0 Å². The standard InChI is InChI=1S/C15H22IN3O/c1-20-13(10-5-3-2-4-6-10)15-18-12(9-7-8-9)11(16)14(17)19-15/h9-10,13H,2-8H2,1H3,(H2,17,18,19). The van der Waals surface area contributed by atoms with E-state index in [1.54, 1.807) is 7.11 Å². The van der Waals surface area contributed by atoms with Gasteiger partial charge in [0.15, 0.2) is 5.82 Å². The molecule has 1 unspecified atom stereocenters. The summed E-state index contributed by atoms with van der Waals surface area (Å²) < 4.78 is 6.78. The lowest BCUT2D eigenvalue weighted by Gasteiger charge is -2.28. The molecule has 0 saturated heterocycles. The smallest absolute Gasteiger partial charge is 0.160 e. The number of nitrogens with zero attached hydrogens (tertiary/aromatic N) is 2. The van der Waals surface area contributed by atoms with Crippen molar-refractivity contribution in [3.63, 3.8) is 0 Å². The number of hydrogen-bond donors (Lipinski definition) is 1. The van der Waals surface area contributed by atoms with E-state index in [1.165, 1.54) is 44.9 Å². The average molecular weight is 387 g/mol. The molecular weight excluding hydrogens is 365 g/mol. The molecule has 2 fully saturated rings. The van der Waals surface area contributed by atoms with Gasteiger partial charge in [0, 0.05) is 13.0 Å². The van der Waals surface area contributed by atoms with Crippen molar-refractivity contribution in [1.29, 1.82) is 0 Å². The van der Waals surface area contributed by atoms with Crippen molar-refractivity contribution in [3.05, 3.63) is 15.1 Å². The SMILES string of the molecule is COC(c1nc(N)c(I)c(C2CC2)n1)C1CCCCC1. The first-order valence-electron chi connectivity index (χ1n) is 7.56. The number of rotatable bonds is 4. The summed E-state index contributed by atoms with van der Waals surface area (Å²) >= 11 is 2.28. The maximum atomic E-state index is 6.09. The molecule has 2 N–H and O–H groups in total. The lowest BCUT2D eigenvalue weighted by molar-refractivity contribution is 0.0288. The van der Waals surface area contributed by atoms with E-state index < -0.39 is 0 Å². The third kappa shape index (κ3) is 2.93. The zero-order chi connectivity index (χ0) is 14.1. The highest BCUT2D eigenvalue weighted by atomic mass is 127. The summed E-state index contributed by atoms with van der Waals surface area (Å²) in [6.07, 6.45) is 8.82. The third-order valence-corrected chi connectivity index (χ3v) is 5.58. The summed E-state index contributed by atoms with van der Waals surface area (Å²) in [5.41, 5.74) is 7.24. The maximum Gasteiger partial charge on any atom is 0.160 e. The van der Waals surface area contributed by atoms with Crippen LogP contribution in [0.25, 0.3) is 0 Å². The van der Waals surface area contributed by atoms with Gasteiger partial charge in [0.05, 0.1) is 9.26 Å². The zero-order valence-corrected chi connectivity index (χ0v) is 14.1. The quantitative estimate of drug-likeness (QED) is 0.799. The van der Waals surface area contributed by atoms with Crippen molar-refractivity contribution in [2.75, 3.05) is 12.8 Å². The monoisotopic (exact) mass is 387 g/mol. The van der Waals surface area contributed by atoms with Crippen LogP contribution in [0.3, 0.4) is 0 Å². The van der Waals surface area contributed by atoms with Crippen molar-refractivity contribution in [3.8, 4) is 0 Å². The lowest BCUT2D eigenvalue weighted by atomic mass is 9.85. The van der Waals surface area contributed by atoms with Gasteiger partial charge in [-0.25, -0.2) is 9.97 Å². The van der Waals surface area contributed by atoms with Crippen LogP contribution in [-0.4, -0.2) is 17.1 Å².